The zero-order valence-electron chi connectivity index (χ0n) is 25.0. The fraction of sp³-hybridized carbons (Fsp3) is 0.750. The molecular weight excluding hydrogens is 480 g/mol. The summed E-state index contributed by atoms with van der Waals surface area (Å²) in [6.07, 6.45) is 4.59. The van der Waals surface area contributed by atoms with Crippen LogP contribution in [0.2, 0.25) is 0 Å². The lowest BCUT2D eigenvalue weighted by molar-refractivity contribution is -0.290. The molecule has 0 radical (unpaired) electrons. The van der Waals surface area contributed by atoms with Gasteiger partial charge in [0.05, 0.1) is 6.10 Å². The van der Waals surface area contributed by atoms with Crippen molar-refractivity contribution in [3.8, 4) is 11.5 Å². The Morgan fingerprint density at radius 2 is 1.74 bits per heavy atom. The fourth-order valence-corrected chi connectivity index (χ4v) is 7.20. The van der Waals surface area contributed by atoms with E-state index in [4.69, 9.17) is 23.7 Å². The fourth-order valence-electron chi connectivity index (χ4n) is 7.20. The van der Waals surface area contributed by atoms with Crippen LogP contribution in [-0.2, 0) is 18.9 Å². The summed E-state index contributed by atoms with van der Waals surface area (Å²) in [7, 11) is 1.66. The highest BCUT2D eigenvalue weighted by Gasteiger charge is 2.49. The number of benzene rings is 1. The van der Waals surface area contributed by atoms with E-state index in [0.29, 0.717) is 36.7 Å². The molecule has 214 valence electrons. The molecule has 1 saturated heterocycles. The maximum atomic E-state index is 11.7. The number of ether oxygens (including phenoxy) is 5. The Labute approximate surface area is 230 Å². The average Bonchev–Trinajstić information content (AvgIpc) is 2.86. The molecule has 1 aliphatic heterocycles. The number of allylic oxidation sites excluding steroid dienone is 2. The molecule has 6 heteroatoms. The number of phenols is 1. The Morgan fingerprint density at radius 1 is 1.00 bits per heavy atom. The van der Waals surface area contributed by atoms with E-state index < -0.39 is 12.4 Å². The summed E-state index contributed by atoms with van der Waals surface area (Å²) in [5, 5.41) is 11.7. The summed E-state index contributed by atoms with van der Waals surface area (Å²) in [6, 6.07) is 0. The first-order chi connectivity index (χ1) is 18.1. The van der Waals surface area contributed by atoms with Gasteiger partial charge in [0.25, 0.3) is 0 Å². The molecule has 38 heavy (non-hydrogen) atoms. The standard InChI is InChI=1S/C32H50O6/c1-10-14-36-28-21(8)37-32(31(34-9)30(28)35-11-2)38-29-24-18(5)12-13-23-19(6)16-22(15-17(3)4)25(26(23)24)20(7)27(29)33/h15,18-19,21-23,28,30-33H,10-14,16H2,1-9H3/t18-,19+,21?,22+,23?,28?,30?,31?,32?/m1/s1. The van der Waals surface area contributed by atoms with Gasteiger partial charge in [0.2, 0.25) is 6.29 Å². The molecule has 4 rings (SSSR count). The van der Waals surface area contributed by atoms with Gasteiger partial charge in [-0.25, -0.2) is 0 Å². The third-order valence-corrected chi connectivity index (χ3v) is 8.90. The van der Waals surface area contributed by atoms with Crippen molar-refractivity contribution < 1.29 is 28.8 Å². The molecular formula is C32H50O6. The zero-order chi connectivity index (χ0) is 27.7. The molecule has 2 aliphatic carbocycles. The van der Waals surface area contributed by atoms with E-state index in [-0.39, 0.29) is 30.0 Å². The minimum Gasteiger partial charge on any atom is -0.504 e. The first-order valence-electron chi connectivity index (χ1n) is 14.8. The molecule has 3 aliphatic rings. The molecule has 1 N–H and O–H groups in total. The van der Waals surface area contributed by atoms with Gasteiger partial charge in [-0.3, -0.25) is 0 Å². The lowest BCUT2D eigenvalue weighted by Gasteiger charge is -2.46. The van der Waals surface area contributed by atoms with Gasteiger partial charge in [-0.05, 0) is 94.7 Å². The molecule has 6 nitrogen and oxygen atoms in total. The topological polar surface area (TPSA) is 66.4 Å². The normalized spacial score (nSPS) is 34.5. The molecule has 0 spiro atoms. The summed E-state index contributed by atoms with van der Waals surface area (Å²) < 4.78 is 31.4. The van der Waals surface area contributed by atoms with Gasteiger partial charge in [0.1, 0.15) is 18.3 Å². The van der Waals surface area contributed by atoms with Crippen LogP contribution in [-0.4, -0.2) is 56.1 Å². The van der Waals surface area contributed by atoms with E-state index in [1.54, 1.807) is 7.11 Å². The molecule has 9 atom stereocenters. The molecule has 0 bridgehead atoms. The van der Waals surface area contributed by atoms with Gasteiger partial charge in [-0.2, -0.15) is 0 Å². The first-order valence-corrected chi connectivity index (χ1v) is 14.8. The van der Waals surface area contributed by atoms with Gasteiger partial charge in [0, 0.05) is 31.8 Å². The Bertz CT molecular complexity index is 998. The largest absolute Gasteiger partial charge is 0.504 e. The summed E-state index contributed by atoms with van der Waals surface area (Å²) in [4.78, 5) is 0. The molecule has 0 saturated carbocycles. The van der Waals surface area contributed by atoms with E-state index in [1.165, 1.54) is 23.1 Å². The minimum atomic E-state index is -0.727. The second-order valence-electron chi connectivity index (χ2n) is 12.0. The smallest absolute Gasteiger partial charge is 0.229 e. The van der Waals surface area contributed by atoms with Crippen molar-refractivity contribution in [2.75, 3.05) is 20.3 Å². The van der Waals surface area contributed by atoms with Crippen molar-refractivity contribution in [2.45, 2.75) is 130 Å². The number of methoxy groups -OCH3 is 1. The predicted molar refractivity (Wildman–Crippen MR) is 150 cm³/mol. The van der Waals surface area contributed by atoms with Crippen LogP contribution < -0.4 is 4.74 Å². The number of phenolic OH excluding ortho intramolecular Hbond substituents is 1. The van der Waals surface area contributed by atoms with Crippen molar-refractivity contribution >= 4 is 0 Å². The van der Waals surface area contributed by atoms with Crippen LogP contribution >= 0.6 is 0 Å². The number of aromatic hydroxyl groups is 1. The SMILES string of the molecule is CCCOC1C(C)OC(Oc2c(O)c(C)c3c4c2[C@H](C)CCC4[C@@H](C)C[C@@H]3C=C(C)C)C(OC)C1OCC. The third-order valence-electron chi connectivity index (χ3n) is 8.90. The Hall–Kier alpha value is -1.60. The minimum absolute atomic E-state index is 0.233. The highest BCUT2D eigenvalue weighted by atomic mass is 16.7. The predicted octanol–water partition coefficient (Wildman–Crippen LogP) is 7.11. The van der Waals surface area contributed by atoms with E-state index in [1.807, 2.05) is 20.8 Å². The number of rotatable bonds is 9. The number of hydrogen-bond acceptors (Lipinski definition) is 6. The van der Waals surface area contributed by atoms with Gasteiger partial charge < -0.3 is 28.8 Å². The third kappa shape index (κ3) is 5.39. The van der Waals surface area contributed by atoms with Crippen LogP contribution in [0.15, 0.2) is 11.6 Å². The highest BCUT2D eigenvalue weighted by molar-refractivity contribution is 5.64. The van der Waals surface area contributed by atoms with E-state index in [0.717, 1.165) is 30.4 Å². The molecule has 1 heterocycles. The molecule has 0 amide bonds. The monoisotopic (exact) mass is 530 g/mol. The molecule has 1 aromatic carbocycles. The summed E-state index contributed by atoms with van der Waals surface area (Å²) >= 11 is 0. The summed E-state index contributed by atoms with van der Waals surface area (Å²) in [5.74, 6) is 2.43. The Balaban J connectivity index is 1.79. The van der Waals surface area contributed by atoms with Crippen molar-refractivity contribution in [2.24, 2.45) is 5.92 Å². The lowest BCUT2D eigenvalue weighted by Crippen LogP contribution is -2.60. The van der Waals surface area contributed by atoms with Crippen LogP contribution in [0.4, 0.5) is 0 Å². The van der Waals surface area contributed by atoms with Crippen molar-refractivity contribution in [1.29, 1.82) is 0 Å². The van der Waals surface area contributed by atoms with Gasteiger partial charge >= 0.3 is 0 Å². The van der Waals surface area contributed by atoms with Crippen LogP contribution in [0.25, 0.3) is 0 Å². The van der Waals surface area contributed by atoms with Crippen molar-refractivity contribution in [3.05, 3.63) is 33.9 Å². The zero-order valence-corrected chi connectivity index (χ0v) is 25.0. The van der Waals surface area contributed by atoms with Crippen LogP contribution in [0.3, 0.4) is 0 Å². The van der Waals surface area contributed by atoms with Crippen LogP contribution in [0, 0.1) is 12.8 Å². The summed E-state index contributed by atoms with van der Waals surface area (Å²) in [5.41, 5.74) is 6.10. The Morgan fingerprint density at radius 3 is 2.37 bits per heavy atom. The van der Waals surface area contributed by atoms with Crippen LogP contribution in [0.5, 0.6) is 11.5 Å². The van der Waals surface area contributed by atoms with Gasteiger partial charge in [-0.15, -0.1) is 0 Å². The van der Waals surface area contributed by atoms with Crippen molar-refractivity contribution in [1.82, 2.24) is 0 Å². The summed E-state index contributed by atoms with van der Waals surface area (Å²) in [6.45, 7) is 18.3. The molecule has 1 fully saturated rings. The van der Waals surface area contributed by atoms with Crippen LogP contribution in [0.1, 0.15) is 114 Å². The highest BCUT2D eigenvalue weighted by Crippen LogP contribution is 2.58. The second-order valence-corrected chi connectivity index (χ2v) is 12.0. The maximum absolute atomic E-state index is 11.7. The number of hydrogen-bond donors (Lipinski definition) is 1. The average molecular weight is 531 g/mol. The van der Waals surface area contributed by atoms with E-state index in [2.05, 4.69) is 40.7 Å². The lowest BCUT2D eigenvalue weighted by atomic mass is 9.62. The second kappa shape index (κ2) is 12.3. The quantitative estimate of drug-likeness (QED) is 0.343. The molecule has 1 aromatic rings. The van der Waals surface area contributed by atoms with Crippen molar-refractivity contribution in [3.63, 3.8) is 0 Å². The first kappa shape index (κ1) is 29.4. The Kier molecular flexibility index (Phi) is 9.50. The molecule has 6 unspecified atom stereocenters. The molecule has 0 aromatic heterocycles. The van der Waals surface area contributed by atoms with Gasteiger partial charge in [-0.1, -0.05) is 32.4 Å². The van der Waals surface area contributed by atoms with Gasteiger partial charge in [0.15, 0.2) is 11.5 Å². The maximum Gasteiger partial charge on any atom is 0.229 e. The van der Waals surface area contributed by atoms with E-state index >= 15 is 0 Å². The van der Waals surface area contributed by atoms with E-state index in [9.17, 15) is 5.11 Å².